The van der Waals surface area contributed by atoms with E-state index in [9.17, 15) is 14.4 Å². The molecule has 0 fully saturated rings. The van der Waals surface area contributed by atoms with E-state index in [-0.39, 0.29) is 24.3 Å². The Labute approximate surface area is 193 Å². The van der Waals surface area contributed by atoms with Gasteiger partial charge in [-0.3, -0.25) is 19.3 Å². The minimum absolute atomic E-state index is 0.184. The number of nitrogens with zero attached hydrogens (tertiary/aromatic N) is 1. The molecule has 0 bridgehead atoms. The van der Waals surface area contributed by atoms with Gasteiger partial charge >= 0.3 is 0 Å². The van der Waals surface area contributed by atoms with Crippen LogP contribution in [0.2, 0.25) is 0 Å². The second-order valence-corrected chi connectivity index (χ2v) is 8.07. The summed E-state index contributed by atoms with van der Waals surface area (Å²) < 4.78 is 6.36. The smallest absolute Gasteiger partial charge is 0.268 e. The first-order chi connectivity index (χ1) is 15.4. The van der Waals surface area contributed by atoms with Crippen molar-refractivity contribution in [2.45, 2.75) is 13.0 Å². The molecule has 3 aromatic rings. The van der Waals surface area contributed by atoms with E-state index in [4.69, 9.17) is 4.74 Å². The van der Waals surface area contributed by atoms with Crippen LogP contribution in [-0.2, 0) is 9.59 Å². The lowest BCUT2D eigenvalue weighted by atomic mass is 10.1. The van der Waals surface area contributed by atoms with Crippen molar-refractivity contribution < 1.29 is 19.1 Å². The molecule has 4 rings (SSSR count). The summed E-state index contributed by atoms with van der Waals surface area (Å²) in [7, 11) is 0. The number of carbonyl (C=O) groups is 3. The summed E-state index contributed by atoms with van der Waals surface area (Å²) >= 11 is 3.37. The van der Waals surface area contributed by atoms with Gasteiger partial charge in [0.2, 0.25) is 5.91 Å². The minimum atomic E-state index is -0.729. The number of fused-ring (bicyclic) bond motifs is 1. The Kier molecular flexibility index (Phi) is 6.23. The normalized spacial score (nSPS) is 14.9. The van der Waals surface area contributed by atoms with Crippen molar-refractivity contribution >= 4 is 50.7 Å². The topological polar surface area (TPSA) is 87.7 Å². The molecule has 0 saturated carbocycles. The SMILES string of the molecule is CC1Oc2ccc(NC(=O)c3ccccc3Br)cc2N(CC(=O)Nc2ccccc2)C1=O. The average molecular weight is 494 g/mol. The number of carbonyl (C=O) groups excluding carboxylic acids is 3. The molecule has 8 heteroatoms. The predicted molar refractivity (Wildman–Crippen MR) is 126 cm³/mol. The third kappa shape index (κ3) is 4.65. The van der Waals surface area contributed by atoms with Gasteiger partial charge in [0.15, 0.2) is 6.10 Å². The number of amides is 3. The Morgan fingerprint density at radius 2 is 1.69 bits per heavy atom. The van der Waals surface area contributed by atoms with Crippen LogP contribution in [-0.4, -0.2) is 30.4 Å². The van der Waals surface area contributed by atoms with E-state index in [1.165, 1.54) is 4.90 Å². The quantitative estimate of drug-likeness (QED) is 0.549. The molecule has 1 aliphatic heterocycles. The van der Waals surface area contributed by atoms with Crippen LogP contribution < -0.4 is 20.3 Å². The zero-order chi connectivity index (χ0) is 22.7. The molecule has 0 saturated heterocycles. The van der Waals surface area contributed by atoms with Crippen molar-refractivity contribution in [1.29, 1.82) is 0 Å². The third-order valence-corrected chi connectivity index (χ3v) is 5.59. The number of anilines is 3. The molecule has 3 amide bonds. The van der Waals surface area contributed by atoms with Crippen molar-refractivity contribution in [2.24, 2.45) is 0 Å². The predicted octanol–water partition coefficient (Wildman–Crippen LogP) is 4.45. The van der Waals surface area contributed by atoms with Gasteiger partial charge in [0.1, 0.15) is 12.3 Å². The summed E-state index contributed by atoms with van der Waals surface area (Å²) in [5.41, 5.74) is 2.01. The average Bonchev–Trinajstić information content (AvgIpc) is 2.78. The molecule has 1 atom stereocenters. The Balaban J connectivity index is 1.57. The van der Waals surface area contributed by atoms with Gasteiger partial charge in [-0.15, -0.1) is 0 Å². The van der Waals surface area contributed by atoms with Crippen LogP contribution in [0.1, 0.15) is 17.3 Å². The number of benzene rings is 3. The fourth-order valence-corrected chi connectivity index (χ4v) is 3.82. The first-order valence-corrected chi connectivity index (χ1v) is 10.7. The van der Waals surface area contributed by atoms with Gasteiger partial charge in [-0.2, -0.15) is 0 Å². The number of nitrogens with one attached hydrogen (secondary N) is 2. The highest BCUT2D eigenvalue weighted by atomic mass is 79.9. The van der Waals surface area contributed by atoms with Crippen LogP contribution in [0.5, 0.6) is 5.75 Å². The molecule has 162 valence electrons. The number of hydrogen-bond donors (Lipinski definition) is 2. The van der Waals surface area contributed by atoms with Gasteiger partial charge in [-0.25, -0.2) is 0 Å². The standard InChI is InChI=1S/C24H20BrN3O4/c1-15-24(31)28(14-22(29)26-16-7-3-2-4-8-16)20-13-17(11-12-21(20)32-15)27-23(30)18-9-5-6-10-19(18)25/h2-13,15H,14H2,1H3,(H,26,29)(H,27,30). The Bertz CT molecular complexity index is 1180. The molecule has 0 aliphatic carbocycles. The number of hydrogen-bond acceptors (Lipinski definition) is 4. The molecule has 0 radical (unpaired) electrons. The van der Waals surface area contributed by atoms with Crippen LogP contribution in [0.25, 0.3) is 0 Å². The zero-order valence-electron chi connectivity index (χ0n) is 17.2. The largest absolute Gasteiger partial charge is 0.479 e. The molecule has 7 nitrogen and oxygen atoms in total. The molecule has 32 heavy (non-hydrogen) atoms. The summed E-state index contributed by atoms with van der Waals surface area (Å²) in [6, 6.07) is 21.1. The fraction of sp³-hybridized carbons (Fsp3) is 0.125. The maximum atomic E-state index is 12.8. The van der Waals surface area contributed by atoms with E-state index in [1.807, 2.05) is 24.3 Å². The molecule has 0 spiro atoms. The monoisotopic (exact) mass is 493 g/mol. The second kappa shape index (κ2) is 9.23. The van der Waals surface area contributed by atoms with Crippen LogP contribution in [0, 0.1) is 0 Å². The maximum absolute atomic E-state index is 12.8. The zero-order valence-corrected chi connectivity index (χ0v) is 18.8. The second-order valence-electron chi connectivity index (χ2n) is 7.22. The third-order valence-electron chi connectivity index (χ3n) is 4.90. The van der Waals surface area contributed by atoms with Gasteiger partial charge in [0.25, 0.3) is 11.8 Å². The molecule has 1 aliphatic rings. The van der Waals surface area contributed by atoms with Crippen molar-refractivity contribution in [3.05, 3.63) is 82.8 Å². The van der Waals surface area contributed by atoms with Gasteiger partial charge in [0.05, 0.1) is 11.3 Å². The van der Waals surface area contributed by atoms with Gasteiger partial charge in [-0.1, -0.05) is 30.3 Å². The molecule has 3 aromatic carbocycles. The molecule has 1 heterocycles. The highest BCUT2D eigenvalue weighted by Gasteiger charge is 2.33. The van der Waals surface area contributed by atoms with Crippen LogP contribution >= 0.6 is 15.9 Å². The minimum Gasteiger partial charge on any atom is -0.479 e. The molecule has 0 aromatic heterocycles. The maximum Gasteiger partial charge on any atom is 0.268 e. The lowest BCUT2D eigenvalue weighted by molar-refractivity contribution is -0.127. The number of halogens is 1. The van der Waals surface area contributed by atoms with E-state index < -0.39 is 6.10 Å². The van der Waals surface area contributed by atoms with E-state index in [0.717, 1.165) is 0 Å². The first-order valence-electron chi connectivity index (χ1n) is 9.95. The lowest BCUT2D eigenvalue weighted by Gasteiger charge is -2.33. The van der Waals surface area contributed by atoms with E-state index >= 15 is 0 Å². The summed E-state index contributed by atoms with van der Waals surface area (Å²) in [5.74, 6) is -0.520. The Morgan fingerprint density at radius 3 is 2.44 bits per heavy atom. The highest BCUT2D eigenvalue weighted by molar-refractivity contribution is 9.10. The van der Waals surface area contributed by atoms with Gasteiger partial charge < -0.3 is 15.4 Å². The highest BCUT2D eigenvalue weighted by Crippen LogP contribution is 2.36. The van der Waals surface area contributed by atoms with Gasteiger partial charge in [-0.05, 0) is 65.3 Å². The van der Waals surface area contributed by atoms with Crippen molar-refractivity contribution in [3.8, 4) is 5.75 Å². The Morgan fingerprint density at radius 1 is 0.969 bits per heavy atom. The van der Waals surface area contributed by atoms with Crippen molar-refractivity contribution in [1.82, 2.24) is 0 Å². The molecular weight excluding hydrogens is 474 g/mol. The number of para-hydroxylation sites is 1. The summed E-state index contributed by atoms with van der Waals surface area (Å²) in [5, 5.41) is 5.61. The Hall–Kier alpha value is -3.65. The van der Waals surface area contributed by atoms with Crippen LogP contribution in [0.15, 0.2) is 77.3 Å². The molecule has 1 unspecified atom stereocenters. The van der Waals surface area contributed by atoms with E-state index in [1.54, 1.807) is 55.5 Å². The molecule has 2 N–H and O–H groups in total. The summed E-state index contributed by atoms with van der Waals surface area (Å²) in [6.07, 6.45) is -0.729. The lowest BCUT2D eigenvalue weighted by Crippen LogP contribution is -2.47. The number of rotatable bonds is 5. The fourth-order valence-electron chi connectivity index (χ4n) is 3.36. The molecular formula is C24H20BrN3O4. The van der Waals surface area contributed by atoms with E-state index in [2.05, 4.69) is 26.6 Å². The number of ether oxygens (including phenoxy) is 1. The van der Waals surface area contributed by atoms with Crippen LogP contribution in [0.4, 0.5) is 17.1 Å². The van der Waals surface area contributed by atoms with Gasteiger partial charge in [0, 0.05) is 15.8 Å². The van der Waals surface area contributed by atoms with Crippen molar-refractivity contribution in [3.63, 3.8) is 0 Å². The van der Waals surface area contributed by atoms with E-state index in [0.29, 0.717) is 32.8 Å². The summed E-state index contributed by atoms with van der Waals surface area (Å²) in [4.78, 5) is 39.4. The van der Waals surface area contributed by atoms with Crippen LogP contribution in [0.3, 0.4) is 0 Å². The summed E-state index contributed by atoms with van der Waals surface area (Å²) in [6.45, 7) is 1.45. The van der Waals surface area contributed by atoms with Crippen molar-refractivity contribution in [2.75, 3.05) is 22.1 Å². The first kappa shape index (κ1) is 21.6.